The van der Waals surface area contributed by atoms with Gasteiger partial charge < -0.3 is 19.7 Å². The van der Waals surface area contributed by atoms with Crippen LogP contribution < -0.4 is 10.9 Å². The van der Waals surface area contributed by atoms with Gasteiger partial charge in [0.1, 0.15) is 6.17 Å². The molecule has 0 aromatic carbocycles. The zero-order valence-corrected chi connectivity index (χ0v) is 22.3. The van der Waals surface area contributed by atoms with Crippen molar-refractivity contribution in [3.63, 3.8) is 0 Å². The minimum Gasteiger partial charge on any atom is -0.431 e. The summed E-state index contributed by atoms with van der Waals surface area (Å²) in [5.74, 6) is 1.79. The number of piperidine rings is 1. The number of alkyl halides is 1. The van der Waals surface area contributed by atoms with Crippen LogP contribution in [-0.2, 0) is 0 Å². The molecule has 5 fully saturated rings. The topological polar surface area (TPSA) is 65.7 Å². The van der Waals surface area contributed by atoms with Gasteiger partial charge in [0.2, 0.25) is 0 Å². The molecular weight excluding hydrogens is 455 g/mol. The average molecular weight is 501 g/mol. The lowest BCUT2D eigenvalue weighted by Crippen LogP contribution is -2.62. The van der Waals surface area contributed by atoms with E-state index < -0.39 is 11.8 Å². The number of aliphatic hydroxyl groups is 1. The van der Waals surface area contributed by atoms with Crippen LogP contribution in [0.3, 0.4) is 0 Å². The fraction of sp³-hybridized carbons (Fsp3) is 0.833. The zero-order chi connectivity index (χ0) is 25.3. The van der Waals surface area contributed by atoms with Crippen LogP contribution in [0.2, 0.25) is 0 Å². The first-order chi connectivity index (χ1) is 17.1. The Morgan fingerprint density at radius 1 is 1.06 bits per heavy atom. The lowest BCUT2D eigenvalue weighted by Gasteiger charge is -2.64. The Bertz CT molecular complexity index is 1010. The van der Waals surface area contributed by atoms with Crippen LogP contribution in [0.25, 0.3) is 0 Å². The monoisotopic (exact) mass is 500 g/mol. The minimum absolute atomic E-state index is 0.000770. The number of halogens is 1. The van der Waals surface area contributed by atoms with Crippen LogP contribution in [0, 0.1) is 28.6 Å². The first-order valence-corrected chi connectivity index (χ1v) is 14.5. The second-order valence-corrected chi connectivity index (χ2v) is 13.7. The second-order valence-electron chi connectivity index (χ2n) is 13.7. The summed E-state index contributed by atoms with van der Waals surface area (Å²) in [5, 5.41) is 16.2. The Morgan fingerprint density at radius 2 is 1.89 bits per heavy atom. The van der Waals surface area contributed by atoms with Gasteiger partial charge in [-0.25, -0.2) is 9.18 Å². The summed E-state index contributed by atoms with van der Waals surface area (Å²) < 4.78 is 19.9. The van der Waals surface area contributed by atoms with Crippen LogP contribution >= 0.6 is 0 Å². The Labute approximate surface area is 215 Å². The van der Waals surface area contributed by atoms with E-state index in [1.54, 1.807) is 6.26 Å². The summed E-state index contributed by atoms with van der Waals surface area (Å²) in [7, 11) is 2.01. The van der Waals surface area contributed by atoms with Crippen molar-refractivity contribution in [2.45, 2.75) is 108 Å². The van der Waals surface area contributed by atoms with E-state index >= 15 is 0 Å². The molecule has 10 atom stereocenters. The van der Waals surface area contributed by atoms with Gasteiger partial charge in [-0.05, 0) is 119 Å². The van der Waals surface area contributed by atoms with Gasteiger partial charge in [0.15, 0.2) is 0 Å². The SMILES string of the molecule is CN1CCC(N[C@H]2CC[C@@]3(C)[C@H](CC[C@@H]4[C@@H]3CC[C@]3(C)[C@@H](c5ccc(=O)oc5)CC[C@]43O)C2)[C@H](F)C1. The number of hydrogen-bond donors (Lipinski definition) is 2. The number of fused-ring (bicyclic) bond motifs is 5. The molecular formula is C30H45FN2O3. The van der Waals surface area contributed by atoms with Crippen molar-refractivity contribution in [1.82, 2.24) is 10.2 Å². The quantitative estimate of drug-likeness (QED) is 0.619. The highest BCUT2D eigenvalue weighted by Crippen LogP contribution is 2.70. The molecule has 0 radical (unpaired) electrons. The summed E-state index contributed by atoms with van der Waals surface area (Å²) in [6.45, 7) is 6.34. The smallest absolute Gasteiger partial charge is 0.335 e. The molecule has 0 spiro atoms. The van der Waals surface area contributed by atoms with E-state index in [9.17, 15) is 14.3 Å². The Kier molecular flexibility index (Phi) is 6.20. The molecule has 1 aliphatic heterocycles. The number of nitrogens with one attached hydrogen (secondary N) is 1. The first kappa shape index (κ1) is 25.1. The first-order valence-electron chi connectivity index (χ1n) is 14.5. The van der Waals surface area contributed by atoms with Gasteiger partial charge >= 0.3 is 5.63 Å². The van der Waals surface area contributed by atoms with Gasteiger partial charge in [-0.15, -0.1) is 0 Å². The largest absolute Gasteiger partial charge is 0.431 e. The van der Waals surface area contributed by atoms with Crippen molar-refractivity contribution in [3.05, 3.63) is 34.4 Å². The van der Waals surface area contributed by atoms with Gasteiger partial charge in [-0.3, -0.25) is 0 Å². The summed E-state index contributed by atoms with van der Waals surface area (Å²) in [4.78, 5) is 13.6. The average Bonchev–Trinajstić information content (AvgIpc) is 3.13. The zero-order valence-electron chi connectivity index (χ0n) is 22.3. The molecule has 0 bridgehead atoms. The van der Waals surface area contributed by atoms with E-state index in [-0.39, 0.29) is 28.4 Å². The van der Waals surface area contributed by atoms with E-state index in [1.807, 2.05) is 13.1 Å². The summed E-state index contributed by atoms with van der Waals surface area (Å²) >= 11 is 0. The summed E-state index contributed by atoms with van der Waals surface area (Å²) in [6.07, 6.45) is 11.5. The molecule has 6 heteroatoms. The van der Waals surface area contributed by atoms with Crippen molar-refractivity contribution >= 4 is 0 Å². The third kappa shape index (κ3) is 3.76. The van der Waals surface area contributed by atoms with Gasteiger partial charge in [0.25, 0.3) is 0 Å². The summed E-state index contributed by atoms with van der Waals surface area (Å²) in [5.41, 5.74) is 0.181. The van der Waals surface area contributed by atoms with Crippen molar-refractivity contribution in [1.29, 1.82) is 0 Å². The van der Waals surface area contributed by atoms with Crippen LogP contribution in [0.4, 0.5) is 4.39 Å². The Balaban J connectivity index is 1.18. The molecule has 36 heavy (non-hydrogen) atoms. The van der Waals surface area contributed by atoms with Crippen LogP contribution in [-0.4, -0.2) is 54.0 Å². The Morgan fingerprint density at radius 3 is 2.64 bits per heavy atom. The van der Waals surface area contributed by atoms with E-state index in [2.05, 4.69) is 24.1 Å². The molecule has 5 aliphatic rings. The molecule has 200 valence electrons. The molecule has 2 N–H and O–H groups in total. The summed E-state index contributed by atoms with van der Waals surface area (Å²) in [6, 6.07) is 3.86. The highest BCUT2D eigenvalue weighted by atomic mass is 19.1. The third-order valence-corrected chi connectivity index (χ3v) is 12.2. The van der Waals surface area contributed by atoms with Crippen molar-refractivity contribution in [2.24, 2.45) is 28.6 Å². The lowest BCUT2D eigenvalue weighted by molar-refractivity contribution is -0.202. The van der Waals surface area contributed by atoms with E-state index in [4.69, 9.17) is 4.42 Å². The Hall–Kier alpha value is -1.24. The second kappa shape index (κ2) is 8.91. The third-order valence-electron chi connectivity index (χ3n) is 12.2. The number of likely N-dealkylation sites (tertiary alicyclic amines) is 1. The van der Waals surface area contributed by atoms with Gasteiger partial charge in [-0.1, -0.05) is 13.8 Å². The maximum atomic E-state index is 14.7. The predicted molar refractivity (Wildman–Crippen MR) is 139 cm³/mol. The maximum Gasteiger partial charge on any atom is 0.335 e. The van der Waals surface area contributed by atoms with Crippen LogP contribution in [0.15, 0.2) is 27.6 Å². The van der Waals surface area contributed by atoms with Crippen LogP contribution in [0.1, 0.15) is 89.5 Å². The van der Waals surface area contributed by atoms with Gasteiger partial charge in [-0.2, -0.15) is 0 Å². The minimum atomic E-state index is -0.772. The maximum absolute atomic E-state index is 14.7. The predicted octanol–water partition coefficient (Wildman–Crippen LogP) is 4.88. The molecule has 4 aliphatic carbocycles. The normalized spacial score (nSPS) is 49.2. The number of nitrogens with zero attached hydrogens (tertiary/aromatic N) is 1. The van der Waals surface area contributed by atoms with E-state index in [0.29, 0.717) is 30.3 Å². The van der Waals surface area contributed by atoms with Crippen LogP contribution in [0.5, 0.6) is 0 Å². The molecule has 1 aromatic rings. The molecule has 5 nitrogen and oxygen atoms in total. The van der Waals surface area contributed by atoms with E-state index in [0.717, 1.165) is 57.1 Å². The molecule has 2 heterocycles. The van der Waals surface area contributed by atoms with Gasteiger partial charge in [0.05, 0.1) is 11.9 Å². The highest BCUT2D eigenvalue weighted by molar-refractivity contribution is 5.27. The van der Waals surface area contributed by atoms with Crippen molar-refractivity contribution in [2.75, 3.05) is 20.1 Å². The highest BCUT2D eigenvalue weighted by Gasteiger charge is 2.67. The standard InChI is InChI=1S/C30H45FN2O3/c1-28-12-8-21(32-26-11-15-33(3)17-25(26)31)16-20(28)5-6-24-23(28)9-13-29(2)22(10-14-30(24,29)35)19-4-7-27(34)36-18-19/h4,7,18,20-26,32,35H,5-6,8-17H2,1-3H3/t20-,21+,22-,23+,24-,25-,26?,28+,29-,30+/m1/s1. The molecule has 1 unspecified atom stereocenters. The van der Waals surface area contributed by atoms with Gasteiger partial charge in [0, 0.05) is 30.1 Å². The van der Waals surface area contributed by atoms with Crippen molar-refractivity contribution in [3.8, 4) is 0 Å². The fourth-order valence-electron chi connectivity index (χ4n) is 10.0. The molecule has 1 saturated heterocycles. The molecule has 0 amide bonds. The van der Waals surface area contributed by atoms with Crippen molar-refractivity contribution < 1.29 is 13.9 Å². The number of hydrogen-bond acceptors (Lipinski definition) is 5. The van der Waals surface area contributed by atoms with E-state index in [1.165, 1.54) is 25.3 Å². The fourth-order valence-corrected chi connectivity index (χ4v) is 10.0. The molecule has 4 saturated carbocycles. The number of rotatable bonds is 3. The molecule has 1 aromatic heterocycles. The lowest BCUT2D eigenvalue weighted by atomic mass is 9.43. The molecule has 6 rings (SSSR count).